The maximum absolute atomic E-state index is 13.1. The van der Waals surface area contributed by atoms with E-state index in [1.54, 1.807) is 61.5 Å². The highest BCUT2D eigenvalue weighted by Gasteiger charge is 2.27. The van der Waals surface area contributed by atoms with Crippen LogP contribution in [0.25, 0.3) is 6.08 Å². The van der Waals surface area contributed by atoms with Gasteiger partial charge < -0.3 is 20.5 Å². The van der Waals surface area contributed by atoms with Crippen LogP contribution in [0.2, 0.25) is 0 Å². The van der Waals surface area contributed by atoms with E-state index in [1.807, 2.05) is 18.7 Å². The van der Waals surface area contributed by atoms with Gasteiger partial charge in [0.2, 0.25) is 10.0 Å². The molecule has 0 amide bonds. The molecule has 1 aliphatic heterocycles. The number of sulfonamides is 1. The molecule has 13 heteroatoms. The van der Waals surface area contributed by atoms with Crippen LogP contribution in [0, 0.1) is 10.8 Å². The second-order valence-electron chi connectivity index (χ2n) is 9.89. The van der Waals surface area contributed by atoms with E-state index in [0.717, 1.165) is 41.4 Å². The minimum Gasteiger partial charge on any atom is -0.490 e. The van der Waals surface area contributed by atoms with Crippen molar-refractivity contribution in [2.45, 2.75) is 45.6 Å². The molecule has 1 heterocycles. The third kappa shape index (κ3) is 9.94. The molecule has 10 nitrogen and oxygen atoms in total. The summed E-state index contributed by atoms with van der Waals surface area (Å²) in [4.78, 5) is 13.4. The molecule has 1 saturated heterocycles. The molecular formula is C28H39Cl2N5O5S. The Morgan fingerprint density at radius 2 is 1.83 bits per heavy atom. The number of amidine groups is 2. The van der Waals surface area contributed by atoms with Crippen molar-refractivity contribution < 1.29 is 23.1 Å². The maximum Gasteiger partial charge on any atom is 0.320 e. The van der Waals surface area contributed by atoms with E-state index < -0.39 is 21.7 Å². The molecule has 2 aromatic carbocycles. The summed E-state index contributed by atoms with van der Waals surface area (Å²) in [5, 5.41) is 24.7. The number of carboxylic acids is 1. The molecule has 5 N–H and O–H groups in total. The largest absolute Gasteiger partial charge is 0.490 e. The molecule has 0 radical (unpaired) electrons. The molecule has 0 aliphatic carbocycles. The lowest BCUT2D eigenvalue weighted by Gasteiger charge is -2.33. The quantitative estimate of drug-likeness (QED) is 0.207. The number of halogens is 2. The first-order valence-corrected chi connectivity index (χ1v) is 14.4. The minimum atomic E-state index is -4.19. The summed E-state index contributed by atoms with van der Waals surface area (Å²) in [6.45, 7) is 7.17. The topological polar surface area (TPSA) is 161 Å². The van der Waals surface area contributed by atoms with Gasteiger partial charge in [0.05, 0.1) is 18.1 Å². The average Bonchev–Trinajstić information content (AvgIpc) is 2.86. The van der Waals surface area contributed by atoms with Gasteiger partial charge in [-0.05, 0) is 48.2 Å². The van der Waals surface area contributed by atoms with Crippen LogP contribution in [0.15, 0.2) is 48.5 Å². The number of ether oxygens (including phenoxy) is 1. The van der Waals surface area contributed by atoms with Crippen molar-refractivity contribution in [3.8, 4) is 5.75 Å². The molecule has 0 spiro atoms. The number of carboxylic acid groups (broad SMARTS) is 1. The number of nitrogens with zero attached hydrogens (tertiary/aromatic N) is 2. The summed E-state index contributed by atoms with van der Waals surface area (Å²) in [5.41, 5.74) is 8.01. The average molecular weight is 629 g/mol. The SMILES string of the molecule is CC(=N)N1CCC(Oc2ccc(N(C/C=C/c3cccc(C(=N)N)c3)S(=O)(=O)CC(=O)O)cc2C(C)C)CC1.Cl.Cl. The van der Waals surface area contributed by atoms with Gasteiger partial charge in [0.25, 0.3) is 0 Å². The molecule has 226 valence electrons. The van der Waals surface area contributed by atoms with Crippen LogP contribution in [-0.2, 0) is 14.8 Å². The highest BCUT2D eigenvalue weighted by Crippen LogP contribution is 2.34. The lowest BCUT2D eigenvalue weighted by atomic mass is 10.0. The Balaban J connectivity index is 0.00000420. The minimum absolute atomic E-state index is 0. The molecule has 1 aliphatic rings. The van der Waals surface area contributed by atoms with Gasteiger partial charge in [-0.25, -0.2) is 8.42 Å². The van der Waals surface area contributed by atoms with Gasteiger partial charge >= 0.3 is 5.97 Å². The van der Waals surface area contributed by atoms with E-state index >= 15 is 0 Å². The number of hydrogen-bond donors (Lipinski definition) is 4. The summed E-state index contributed by atoms with van der Waals surface area (Å²) in [6.07, 6.45) is 4.90. The first-order valence-electron chi connectivity index (χ1n) is 12.8. The van der Waals surface area contributed by atoms with Gasteiger partial charge in [-0.15, -0.1) is 24.8 Å². The standard InChI is InChI=1S/C28H37N5O5S.2ClH/c1-19(2)25-17-23(9-10-26(25)38-24-11-14-32(15-12-24)20(3)29)33(39(36,37)18-27(34)35)13-5-7-21-6-4-8-22(16-21)28(30)31;;/h4-10,16-17,19,24,29H,11-15,18H2,1-3H3,(H3,30,31)(H,34,35);2*1H/b7-5+,29-20?;;. The lowest BCUT2D eigenvalue weighted by molar-refractivity contribution is -0.134. The number of nitrogen functional groups attached to an aromatic ring is 1. The molecule has 0 atom stereocenters. The van der Waals surface area contributed by atoms with Crippen LogP contribution in [0.4, 0.5) is 5.69 Å². The number of hydrogen-bond acceptors (Lipinski definition) is 6. The molecular weight excluding hydrogens is 589 g/mol. The Hall–Kier alpha value is -3.28. The Bertz CT molecular complexity index is 1360. The zero-order valence-electron chi connectivity index (χ0n) is 23.4. The molecule has 3 rings (SSSR count). The number of anilines is 1. The predicted molar refractivity (Wildman–Crippen MR) is 169 cm³/mol. The fourth-order valence-corrected chi connectivity index (χ4v) is 5.66. The molecule has 0 bridgehead atoms. The number of likely N-dealkylation sites (tertiary alicyclic amines) is 1. The second-order valence-corrected chi connectivity index (χ2v) is 11.8. The van der Waals surface area contributed by atoms with E-state index in [-0.39, 0.29) is 49.2 Å². The maximum atomic E-state index is 13.1. The van der Waals surface area contributed by atoms with Crippen molar-refractivity contribution in [3.63, 3.8) is 0 Å². The Morgan fingerprint density at radius 3 is 2.39 bits per heavy atom. The highest BCUT2D eigenvalue weighted by molar-refractivity contribution is 7.93. The van der Waals surface area contributed by atoms with E-state index in [2.05, 4.69) is 0 Å². The molecule has 0 aromatic heterocycles. The fraction of sp³-hybridized carbons (Fsp3) is 0.393. The number of benzene rings is 2. The first kappa shape index (κ1) is 35.7. The Morgan fingerprint density at radius 1 is 1.17 bits per heavy atom. The van der Waals surface area contributed by atoms with Crippen LogP contribution in [-0.4, -0.2) is 67.6 Å². The van der Waals surface area contributed by atoms with Crippen LogP contribution < -0.4 is 14.8 Å². The Labute approximate surface area is 254 Å². The van der Waals surface area contributed by atoms with Crippen LogP contribution >= 0.6 is 24.8 Å². The van der Waals surface area contributed by atoms with E-state index in [1.165, 1.54) is 0 Å². The van der Waals surface area contributed by atoms with Crippen molar-refractivity contribution in [2.75, 3.05) is 29.7 Å². The van der Waals surface area contributed by atoms with Gasteiger partial charge in [-0.1, -0.05) is 44.2 Å². The van der Waals surface area contributed by atoms with Crippen molar-refractivity contribution in [1.82, 2.24) is 4.90 Å². The summed E-state index contributed by atoms with van der Waals surface area (Å²) in [5.74, 6) is -1.31. The normalized spacial score (nSPS) is 13.8. The van der Waals surface area contributed by atoms with Gasteiger partial charge in [-0.3, -0.25) is 19.9 Å². The highest BCUT2D eigenvalue weighted by atomic mass is 35.5. The summed E-state index contributed by atoms with van der Waals surface area (Å²) < 4.78 is 33.6. The van der Waals surface area contributed by atoms with Gasteiger partial charge in [0.1, 0.15) is 17.7 Å². The lowest BCUT2D eigenvalue weighted by Crippen LogP contribution is -2.40. The first-order chi connectivity index (χ1) is 18.4. The van der Waals surface area contributed by atoms with Crippen molar-refractivity contribution >= 4 is 64.2 Å². The number of rotatable bonds is 11. The number of nitrogens with two attached hydrogens (primary N) is 1. The second kappa shape index (κ2) is 15.6. The van der Waals surface area contributed by atoms with Gasteiger partial charge in [0.15, 0.2) is 5.75 Å². The zero-order valence-corrected chi connectivity index (χ0v) is 25.8. The molecule has 1 fully saturated rings. The van der Waals surface area contributed by atoms with E-state index in [9.17, 15) is 18.3 Å². The number of carbonyl (C=O) groups is 1. The van der Waals surface area contributed by atoms with Crippen LogP contribution in [0.3, 0.4) is 0 Å². The molecule has 41 heavy (non-hydrogen) atoms. The monoisotopic (exact) mass is 627 g/mol. The number of aliphatic carboxylic acids is 1. The van der Waals surface area contributed by atoms with Crippen LogP contribution in [0.1, 0.15) is 56.2 Å². The van der Waals surface area contributed by atoms with Gasteiger partial charge in [0, 0.05) is 31.5 Å². The number of nitrogens with one attached hydrogen (secondary N) is 2. The van der Waals surface area contributed by atoms with Crippen molar-refractivity contribution in [2.24, 2.45) is 5.73 Å². The predicted octanol–water partition coefficient (Wildman–Crippen LogP) is 4.71. The zero-order chi connectivity index (χ0) is 28.7. The van der Waals surface area contributed by atoms with Gasteiger partial charge in [-0.2, -0.15) is 0 Å². The van der Waals surface area contributed by atoms with Crippen molar-refractivity contribution in [1.29, 1.82) is 10.8 Å². The smallest absolute Gasteiger partial charge is 0.320 e. The molecule has 0 unspecified atom stereocenters. The number of piperidine rings is 1. The summed E-state index contributed by atoms with van der Waals surface area (Å²) in [7, 11) is -4.19. The van der Waals surface area contributed by atoms with Crippen molar-refractivity contribution in [3.05, 3.63) is 65.2 Å². The summed E-state index contributed by atoms with van der Waals surface area (Å²) >= 11 is 0. The summed E-state index contributed by atoms with van der Waals surface area (Å²) in [6, 6.07) is 12.1. The third-order valence-corrected chi connectivity index (χ3v) is 8.18. The molecule has 2 aromatic rings. The van der Waals surface area contributed by atoms with E-state index in [0.29, 0.717) is 22.8 Å². The Kier molecular flexibility index (Phi) is 13.6. The third-order valence-electron chi connectivity index (χ3n) is 6.53. The molecule has 0 saturated carbocycles. The van der Waals surface area contributed by atoms with Crippen LogP contribution in [0.5, 0.6) is 5.75 Å². The fourth-order valence-electron chi connectivity index (χ4n) is 4.45. The van der Waals surface area contributed by atoms with E-state index in [4.69, 9.17) is 21.3 Å².